The van der Waals surface area contributed by atoms with E-state index in [1.54, 1.807) is 18.2 Å². The van der Waals surface area contributed by atoms with Crippen molar-refractivity contribution in [1.29, 1.82) is 0 Å². The lowest BCUT2D eigenvalue weighted by Crippen LogP contribution is -2.04. The van der Waals surface area contributed by atoms with Crippen LogP contribution in [0.2, 0.25) is 5.02 Å². The Hall–Kier alpha value is -1.51. The molecule has 0 amide bonds. The summed E-state index contributed by atoms with van der Waals surface area (Å²) in [5, 5.41) is 10.5. The largest absolute Gasteiger partial charge is 0.507 e. The van der Waals surface area contributed by atoms with Crippen LogP contribution in [-0.4, -0.2) is 5.11 Å². The molecule has 1 atom stereocenters. The van der Waals surface area contributed by atoms with Crippen LogP contribution in [0.4, 0.5) is 0 Å². The zero-order valence-electron chi connectivity index (χ0n) is 9.52. The third kappa shape index (κ3) is 2.60. The minimum atomic E-state index is -0.0540. The summed E-state index contributed by atoms with van der Waals surface area (Å²) in [6, 6.07) is 12.7. The van der Waals surface area contributed by atoms with Crippen LogP contribution in [0.15, 0.2) is 42.5 Å². The Bertz CT molecular complexity index is 520. The van der Waals surface area contributed by atoms with Crippen molar-refractivity contribution in [3.8, 4) is 16.9 Å². The van der Waals surface area contributed by atoms with Gasteiger partial charge in [-0.2, -0.15) is 0 Å². The molecule has 2 aromatic rings. The minimum Gasteiger partial charge on any atom is -0.507 e. The smallest absolute Gasteiger partial charge is 0.123 e. The maximum absolute atomic E-state index is 9.87. The number of nitrogens with two attached hydrogens (primary N) is 1. The fourth-order valence-corrected chi connectivity index (χ4v) is 1.82. The van der Waals surface area contributed by atoms with Gasteiger partial charge >= 0.3 is 0 Å². The second kappa shape index (κ2) is 4.78. The average molecular weight is 248 g/mol. The highest BCUT2D eigenvalue weighted by atomic mass is 35.5. The van der Waals surface area contributed by atoms with E-state index in [4.69, 9.17) is 17.3 Å². The predicted octanol–water partition coefficient (Wildman–Crippen LogP) is 3.73. The number of hydrogen-bond donors (Lipinski definition) is 2. The van der Waals surface area contributed by atoms with Gasteiger partial charge in [-0.05, 0) is 42.3 Å². The van der Waals surface area contributed by atoms with Gasteiger partial charge in [-0.1, -0.05) is 29.8 Å². The van der Waals surface area contributed by atoms with Crippen LogP contribution in [0.25, 0.3) is 11.1 Å². The molecule has 3 heteroatoms. The van der Waals surface area contributed by atoms with Gasteiger partial charge in [0.1, 0.15) is 5.75 Å². The number of phenolic OH excluding ortho intramolecular Hbond substituents is 1. The molecule has 88 valence electrons. The SMILES string of the molecule is CC(N)c1ccc(O)c(-c2ccc(Cl)cc2)c1. The molecule has 0 saturated carbocycles. The Labute approximate surface area is 106 Å². The molecule has 0 aromatic heterocycles. The van der Waals surface area contributed by atoms with E-state index >= 15 is 0 Å². The van der Waals surface area contributed by atoms with Crippen LogP contribution in [0, 0.1) is 0 Å². The minimum absolute atomic E-state index is 0.0540. The number of aromatic hydroxyl groups is 1. The lowest BCUT2D eigenvalue weighted by atomic mass is 9.99. The Kier molecular flexibility index (Phi) is 3.36. The Morgan fingerprint density at radius 1 is 1.12 bits per heavy atom. The fourth-order valence-electron chi connectivity index (χ4n) is 1.70. The van der Waals surface area contributed by atoms with E-state index in [0.29, 0.717) is 5.02 Å². The lowest BCUT2D eigenvalue weighted by Gasteiger charge is -2.10. The number of benzene rings is 2. The van der Waals surface area contributed by atoms with Crippen molar-refractivity contribution in [2.75, 3.05) is 0 Å². The highest BCUT2D eigenvalue weighted by Crippen LogP contribution is 2.31. The van der Waals surface area contributed by atoms with E-state index in [9.17, 15) is 5.11 Å². The van der Waals surface area contributed by atoms with Crippen LogP contribution in [-0.2, 0) is 0 Å². The van der Waals surface area contributed by atoms with Crippen molar-refractivity contribution in [2.45, 2.75) is 13.0 Å². The molecule has 17 heavy (non-hydrogen) atoms. The molecule has 0 aliphatic rings. The summed E-state index contributed by atoms with van der Waals surface area (Å²) in [4.78, 5) is 0. The van der Waals surface area contributed by atoms with E-state index in [1.165, 1.54) is 0 Å². The van der Waals surface area contributed by atoms with Gasteiger partial charge in [0, 0.05) is 16.6 Å². The number of phenols is 1. The molecular formula is C14H14ClNO. The molecule has 1 unspecified atom stereocenters. The molecule has 0 aliphatic heterocycles. The molecule has 0 bridgehead atoms. The van der Waals surface area contributed by atoms with Gasteiger partial charge in [0.2, 0.25) is 0 Å². The second-order valence-electron chi connectivity index (χ2n) is 4.07. The van der Waals surface area contributed by atoms with Crippen molar-refractivity contribution < 1.29 is 5.11 Å². The van der Waals surface area contributed by atoms with Crippen molar-refractivity contribution in [1.82, 2.24) is 0 Å². The fraction of sp³-hybridized carbons (Fsp3) is 0.143. The van der Waals surface area contributed by atoms with E-state index in [-0.39, 0.29) is 11.8 Å². The molecule has 2 nitrogen and oxygen atoms in total. The molecule has 2 aromatic carbocycles. The first kappa shape index (κ1) is 12.0. The first-order chi connectivity index (χ1) is 8.08. The summed E-state index contributed by atoms with van der Waals surface area (Å²) in [6.45, 7) is 1.91. The highest BCUT2D eigenvalue weighted by Gasteiger charge is 2.07. The van der Waals surface area contributed by atoms with E-state index in [2.05, 4.69) is 0 Å². The Morgan fingerprint density at radius 2 is 1.76 bits per heavy atom. The third-order valence-corrected chi connectivity index (χ3v) is 2.95. The molecule has 0 spiro atoms. The average Bonchev–Trinajstić information content (AvgIpc) is 2.31. The van der Waals surface area contributed by atoms with Crippen LogP contribution in [0.1, 0.15) is 18.5 Å². The summed E-state index contributed by atoms with van der Waals surface area (Å²) >= 11 is 5.84. The summed E-state index contributed by atoms with van der Waals surface area (Å²) in [7, 11) is 0. The van der Waals surface area contributed by atoms with E-state index in [0.717, 1.165) is 16.7 Å². The Balaban J connectivity index is 2.50. The molecule has 0 aliphatic carbocycles. The van der Waals surface area contributed by atoms with Crippen LogP contribution in [0.3, 0.4) is 0 Å². The normalized spacial score (nSPS) is 12.4. The lowest BCUT2D eigenvalue weighted by molar-refractivity contribution is 0.477. The second-order valence-corrected chi connectivity index (χ2v) is 4.51. The molecule has 2 rings (SSSR count). The first-order valence-corrected chi connectivity index (χ1v) is 5.80. The number of halogens is 1. The van der Waals surface area contributed by atoms with Crippen LogP contribution < -0.4 is 5.73 Å². The van der Waals surface area contributed by atoms with Gasteiger partial charge in [0.05, 0.1) is 0 Å². The van der Waals surface area contributed by atoms with Crippen molar-refractivity contribution in [3.63, 3.8) is 0 Å². The van der Waals surface area contributed by atoms with Crippen LogP contribution >= 0.6 is 11.6 Å². The molecule has 3 N–H and O–H groups in total. The molecule has 0 saturated heterocycles. The standard InChI is InChI=1S/C14H14ClNO/c1-9(16)11-4-7-14(17)13(8-11)10-2-5-12(15)6-3-10/h2-9,17H,16H2,1H3. The summed E-state index contributed by atoms with van der Waals surface area (Å²) in [5.41, 5.74) is 8.53. The zero-order chi connectivity index (χ0) is 12.4. The maximum atomic E-state index is 9.87. The highest BCUT2D eigenvalue weighted by molar-refractivity contribution is 6.30. The van der Waals surface area contributed by atoms with Gasteiger partial charge in [-0.15, -0.1) is 0 Å². The van der Waals surface area contributed by atoms with E-state index in [1.807, 2.05) is 31.2 Å². The van der Waals surface area contributed by atoms with Gasteiger partial charge in [0.15, 0.2) is 0 Å². The Morgan fingerprint density at radius 3 is 2.35 bits per heavy atom. The zero-order valence-corrected chi connectivity index (χ0v) is 10.3. The third-order valence-electron chi connectivity index (χ3n) is 2.70. The molecule has 0 radical (unpaired) electrons. The van der Waals surface area contributed by atoms with Crippen molar-refractivity contribution >= 4 is 11.6 Å². The number of rotatable bonds is 2. The van der Waals surface area contributed by atoms with Gasteiger partial charge < -0.3 is 10.8 Å². The summed E-state index contributed by atoms with van der Waals surface area (Å²) in [6.07, 6.45) is 0. The quantitative estimate of drug-likeness (QED) is 0.849. The van der Waals surface area contributed by atoms with Crippen molar-refractivity contribution in [3.05, 3.63) is 53.1 Å². The van der Waals surface area contributed by atoms with E-state index < -0.39 is 0 Å². The van der Waals surface area contributed by atoms with Crippen molar-refractivity contribution in [2.24, 2.45) is 5.73 Å². The first-order valence-electron chi connectivity index (χ1n) is 5.42. The van der Waals surface area contributed by atoms with Crippen LogP contribution in [0.5, 0.6) is 5.75 Å². The van der Waals surface area contributed by atoms with Gasteiger partial charge in [-0.25, -0.2) is 0 Å². The maximum Gasteiger partial charge on any atom is 0.123 e. The monoisotopic (exact) mass is 247 g/mol. The van der Waals surface area contributed by atoms with Gasteiger partial charge in [0.25, 0.3) is 0 Å². The molecular weight excluding hydrogens is 234 g/mol. The summed E-state index contributed by atoms with van der Waals surface area (Å²) < 4.78 is 0. The molecule has 0 fully saturated rings. The summed E-state index contributed by atoms with van der Waals surface area (Å²) in [5.74, 6) is 0.247. The van der Waals surface area contributed by atoms with Gasteiger partial charge in [-0.3, -0.25) is 0 Å². The number of hydrogen-bond acceptors (Lipinski definition) is 2. The topological polar surface area (TPSA) is 46.2 Å². The molecule has 0 heterocycles. The predicted molar refractivity (Wildman–Crippen MR) is 71.2 cm³/mol.